The van der Waals surface area contributed by atoms with Crippen molar-refractivity contribution >= 4 is 27.7 Å². The van der Waals surface area contributed by atoms with Crippen molar-refractivity contribution in [1.82, 2.24) is 15.8 Å². The van der Waals surface area contributed by atoms with E-state index >= 15 is 0 Å². The van der Waals surface area contributed by atoms with E-state index < -0.39 is 23.7 Å². The number of ether oxygens (including phenoxy) is 2. The first-order valence-electron chi connectivity index (χ1n) is 8.82. The zero-order valence-corrected chi connectivity index (χ0v) is 17.4. The predicted octanol–water partition coefficient (Wildman–Crippen LogP) is 4.00. The molecule has 9 heteroatoms. The highest BCUT2D eigenvalue weighted by Crippen LogP contribution is 2.23. The van der Waals surface area contributed by atoms with Crippen molar-refractivity contribution in [2.24, 2.45) is 0 Å². The molecule has 0 aliphatic carbocycles. The quantitative estimate of drug-likeness (QED) is 0.528. The number of pyridine rings is 1. The Morgan fingerprint density at radius 1 is 1.03 bits per heavy atom. The van der Waals surface area contributed by atoms with Gasteiger partial charge in [0, 0.05) is 16.7 Å². The van der Waals surface area contributed by atoms with Gasteiger partial charge in [0.1, 0.15) is 17.3 Å². The van der Waals surface area contributed by atoms with Gasteiger partial charge in [-0.05, 0) is 55.5 Å². The van der Waals surface area contributed by atoms with E-state index in [4.69, 9.17) is 9.47 Å². The van der Waals surface area contributed by atoms with E-state index in [1.54, 1.807) is 12.1 Å². The molecule has 0 fully saturated rings. The van der Waals surface area contributed by atoms with E-state index in [0.29, 0.717) is 17.4 Å². The SMILES string of the molecule is C[C@@H](Oc1ccc(F)cc1)C(=O)NNC(=O)c1ccc(Oc2cccc(Br)c2)nc1. The Hall–Kier alpha value is -3.46. The minimum Gasteiger partial charge on any atom is -0.481 e. The number of hydrogen-bond donors (Lipinski definition) is 2. The number of carbonyl (C=O) groups excluding carboxylic acids is 2. The molecule has 7 nitrogen and oxygen atoms in total. The molecule has 1 heterocycles. The molecule has 154 valence electrons. The number of rotatable bonds is 6. The summed E-state index contributed by atoms with van der Waals surface area (Å²) in [5.74, 6) is -0.301. The molecule has 2 aromatic carbocycles. The highest BCUT2D eigenvalue weighted by Gasteiger charge is 2.16. The number of nitrogens with zero attached hydrogens (tertiary/aromatic N) is 1. The molecule has 0 bridgehead atoms. The Kier molecular flexibility index (Phi) is 6.97. The third-order valence-electron chi connectivity index (χ3n) is 3.81. The first-order valence-corrected chi connectivity index (χ1v) is 9.62. The molecular weight excluding hydrogens is 457 g/mol. The molecular formula is C21H17BrFN3O4. The van der Waals surface area contributed by atoms with E-state index in [2.05, 4.69) is 31.8 Å². The van der Waals surface area contributed by atoms with Gasteiger partial charge in [0.25, 0.3) is 11.8 Å². The van der Waals surface area contributed by atoms with Crippen LogP contribution in [0.4, 0.5) is 4.39 Å². The number of carbonyl (C=O) groups is 2. The van der Waals surface area contributed by atoms with Gasteiger partial charge in [-0.15, -0.1) is 0 Å². The summed E-state index contributed by atoms with van der Waals surface area (Å²) < 4.78 is 24.8. The lowest BCUT2D eigenvalue weighted by Crippen LogP contribution is -2.47. The Balaban J connectivity index is 1.50. The molecule has 0 aliphatic heterocycles. The van der Waals surface area contributed by atoms with Gasteiger partial charge in [0.2, 0.25) is 5.88 Å². The lowest BCUT2D eigenvalue weighted by atomic mass is 10.3. The average Bonchev–Trinajstić information content (AvgIpc) is 2.74. The second kappa shape index (κ2) is 9.84. The molecule has 3 rings (SSSR count). The third-order valence-corrected chi connectivity index (χ3v) is 4.31. The number of amides is 2. The third kappa shape index (κ3) is 6.02. The lowest BCUT2D eigenvalue weighted by molar-refractivity contribution is -0.128. The zero-order chi connectivity index (χ0) is 21.5. The van der Waals surface area contributed by atoms with Crippen molar-refractivity contribution in [1.29, 1.82) is 0 Å². The van der Waals surface area contributed by atoms with Crippen LogP contribution >= 0.6 is 15.9 Å². The monoisotopic (exact) mass is 473 g/mol. The van der Waals surface area contributed by atoms with Crippen LogP contribution < -0.4 is 20.3 Å². The van der Waals surface area contributed by atoms with Gasteiger partial charge in [-0.25, -0.2) is 9.37 Å². The molecule has 0 unspecified atom stereocenters. The first-order chi connectivity index (χ1) is 14.4. The van der Waals surface area contributed by atoms with E-state index in [1.807, 2.05) is 12.1 Å². The lowest BCUT2D eigenvalue weighted by Gasteiger charge is -2.15. The summed E-state index contributed by atoms with van der Waals surface area (Å²) in [5, 5.41) is 0. The number of benzene rings is 2. The molecule has 30 heavy (non-hydrogen) atoms. The van der Waals surface area contributed by atoms with E-state index in [9.17, 15) is 14.0 Å². The average molecular weight is 474 g/mol. The summed E-state index contributed by atoms with van der Waals surface area (Å²) >= 11 is 3.35. The highest BCUT2D eigenvalue weighted by molar-refractivity contribution is 9.10. The van der Waals surface area contributed by atoms with Crippen molar-refractivity contribution in [3.05, 3.63) is 82.7 Å². The summed E-state index contributed by atoms with van der Waals surface area (Å²) in [5.41, 5.74) is 4.78. The zero-order valence-electron chi connectivity index (χ0n) is 15.8. The summed E-state index contributed by atoms with van der Waals surface area (Å²) in [4.78, 5) is 28.3. The van der Waals surface area contributed by atoms with Crippen molar-refractivity contribution in [3.63, 3.8) is 0 Å². The maximum absolute atomic E-state index is 12.9. The van der Waals surface area contributed by atoms with Crippen molar-refractivity contribution in [3.8, 4) is 17.4 Å². The Labute approximate surface area is 180 Å². The number of hydrazine groups is 1. The molecule has 2 N–H and O–H groups in total. The van der Waals surface area contributed by atoms with Crippen molar-refractivity contribution in [2.45, 2.75) is 13.0 Å². The van der Waals surface area contributed by atoms with Gasteiger partial charge in [0.15, 0.2) is 6.10 Å². The van der Waals surface area contributed by atoms with Crippen LogP contribution in [0.1, 0.15) is 17.3 Å². The molecule has 0 aliphatic rings. The summed E-state index contributed by atoms with van der Waals surface area (Å²) in [6.45, 7) is 1.50. The van der Waals surface area contributed by atoms with Crippen LogP contribution in [0, 0.1) is 5.82 Å². The van der Waals surface area contributed by atoms with Gasteiger partial charge >= 0.3 is 0 Å². The van der Waals surface area contributed by atoms with Crippen molar-refractivity contribution < 1.29 is 23.5 Å². The van der Waals surface area contributed by atoms with E-state index in [0.717, 1.165) is 4.47 Å². The number of hydrogen-bond acceptors (Lipinski definition) is 5. The largest absolute Gasteiger partial charge is 0.481 e. The number of halogens is 2. The van der Waals surface area contributed by atoms with Gasteiger partial charge in [-0.2, -0.15) is 0 Å². The Morgan fingerprint density at radius 2 is 1.80 bits per heavy atom. The van der Waals surface area contributed by atoms with Gasteiger partial charge < -0.3 is 9.47 Å². The van der Waals surface area contributed by atoms with Crippen molar-refractivity contribution in [2.75, 3.05) is 0 Å². The minimum atomic E-state index is -0.908. The smallest absolute Gasteiger partial charge is 0.279 e. The molecule has 0 spiro atoms. The highest BCUT2D eigenvalue weighted by atomic mass is 79.9. The summed E-state index contributed by atoms with van der Waals surface area (Å²) in [7, 11) is 0. The Morgan fingerprint density at radius 3 is 2.47 bits per heavy atom. The fraction of sp³-hybridized carbons (Fsp3) is 0.0952. The fourth-order valence-corrected chi connectivity index (χ4v) is 2.67. The molecule has 3 aromatic rings. The molecule has 1 atom stereocenters. The maximum Gasteiger partial charge on any atom is 0.279 e. The van der Waals surface area contributed by atoms with Crippen LogP contribution in [0.2, 0.25) is 0 Å². The standard InChI is InChI=1S/C21H17BrFN3O4/c1-13(29-17-8-6-16(23)7-9-17)20(27)25-26-21(28)14-5-10-19(24-12-14)30-18-4-2-3-15(22)11-18/h2-13H,1H3,(H,25,27)(H,26,28)/t13-/m1/s1. The van der Waals surface area contributed by atoms with Gasteiger partial charge in [-0.1, -0.05) is 22.0 Å². The summed E-state index contributed by atoms with van der Waals surface area (Å²) in [6, 6.07) is 15.6. The van der Waals surface area contributed by atoms with Crippen LogP contribution in [0.3, 0.4) is 0 Å². The molecule has 0 radical (unpaired) electrons. The molecule has 0 saturated heterocycles. The maximum atomic E-state index is 12.9. The molecule has 1 aromatic heterocycles. The molecule has 0 saturated carbocycles. The minimum absolute atomic E-state index is 0.226. The normalized spacial score (nSPS) is 11.3. The Bertz CT molecular complexity index is 1030. The van der Waals surface area contributed by atoms with Gasteiger partial charge in [-0.3, -0.25) is 20.4 Å². The van der Waals surface area contributed by atoms with Crippen LogP contribution in [-0.4, -0.2) is 22.9 Å². The number of nitrogens with one attached hydrogen (secondary N) is 2. The fourth-order valence-electron chi connectivity index (χ4n) is 2.29. The van der Waals surface area contributed by atoms with Crippen LogP contribution in [-0.2, 0) is 4.79 Å². The van der Waals surface area contributed by atoms with Crippen LogP contribution in [0.25, 0.3) is 0 Å². The first kappa shape index (κ1) is 21.3. The van der Waals surface area contributed by atoms with Gasteiger partial charge in [0.05, 0.1) is 5.56 Å². The van der Waals surface area contributed by atoms with Crippen LogP contribution in [0.15, 0.2) is 71.3 Å². The topological polar surface area (TPSA) is 89.6 Å². The summed E-state index contributed by atoms with van der Waals surface area (Å²) in [6.07, 6.45) is 0.419. The second-order valence-corrected chi connectivity index (χ2v) is 7.02. The van der Waals surface area contributed by atoms with Crippen LogP contribution in [0.5, 0.6) is 17.4 Å². The second-order valence-electron chi connectivity index (χ2n) is 6.10. The number of aromatic nitrogens is 1. The molecule has 2 amide bonds. The van der Waals surface area contributed by atoms with E-state index in [1.165, 1.54) is 49.5 Å². The predicted molar refractivity (Wildman–Crippen MR) is 111 cm³/mol. The van der Waals surface area contributed by atoms with E-state index in [-0.39, 0.29) is 5.56 Å².